The summed E-state index contributed by atoms with van der Waals surface area (Å²) in [5, 5.41) is 3.19. The van der Waals surface area contributed by atoms with Crippen molar-refractivity contribution >= 4 is 15.9 Å². The smallest absolute Gasteiger partial charge is 0.124 e. The van der Waals surface area contributed by atoms with Crippen LogP contribution in [0.4, 0.5) is 0 Å². The van der Waals surface area contributed by atoms with Gasteiger partial charge in [0.2, 0.25) is 0 Å². The average molecular weight is 274 g/mol. The van der Waals surface area contributed by atoms with Crippen molar-refractivity contribution in [3.8, 4) is 5.75 Å². The molecule has 1 rings (SSSR count). The zero-order chi connectivity index (χ0) is 11.3. The highest BCUT2D eigenvalue weighted by atomic mass is 79.9. The second kappa shape index (κ2) is 6.10. The van der Waals surface area contributed by atoms with Crippen LogP contribution in [0.1, 0.15) is 11.6 Å². The molecular weight excluding hydrogens is 258 g/mol. The van der Waals surface area contributed by atoms with Gasteiger partial charge in [-0.25, -0.2) is 0 Å². The maximum absolute atomic E-state index is 5.33. The summed E-state index contributed by atoms with van der Waals surface area (Å²) >= 11 is 3.42. The molecule has 0 saturated carbocycles. The van der Waals surface area contributed by atoms with Gasteiger partial charge >= 0.3 is 0 Å². The van der Waals surface area contributed by atoms with E-state index in [4.69, 9.17) is 9.47 Å². The minimum atomic E-state index is 0.151. The lowest BCUT2D eigenvalue weighted by Gasteiger charge is -2.18. The Balaban J connectivity index is 2.99. The van der Waals surface area contributed by atoms with Crippen LogP contribution < -0.4 is 10.1 Å². The van der Waals surface area contributed by atoms with Crippen molar-refractivity contribution in [2.75, 3.05) is 27.9 Å². The van der Waals surface area contributed by atoms with E-state index in [2.05, 4.69) is 21.2 Å². The van der Waals surface area contributed by atoms with E-state index in [1.54, 1.807) is 14.2 Å². The highest BCUT2D eigenvalue weighted by Gasteiger charge is 2.14. The molecule has 1 unspecified atom stereocenters. The topological polar surface area (TPSA) is 30.5 Å². The summed E-state index contributed by atoms with van der Waals surface area (Å²) in [5.41, 5.74) is 1.10. The molecule has 0 aromatic heterocycles. The lowest BCUT2D eigenvalue weighted by molar-refractivity contribution is 0.169. The van der Waals surface area contributed by atoms with Gasteiger partial charge < -0.3 is 14.8 Å². The summed E-state index contributed by atoms with van der Waals surface area (Å²) in [6.45, 7) is 0.620. The molecule has 0 spiro atoms. The van der Waals surface area contributed by atoms with Crippen molar-refractivity contribution in [3.63, 3.8) is 0 Å². The van der Waals surface area contributed by atoms with Gasteiger partial charge in [0.15, 0.2) is 0 Å². The lowest BCUT2D eigenvalue weighted by Crippen LogP contribution is -2.21. The largest absolute Gasteiger partial charge is 0.496 e. The van der Waals surface area contributed by atoms with E-state index in [1.165, 1.54) is 0 Å². The Morgan fingerprint density at radius 3 is 2.67 bits per heavy atom. The van der Waals surface area contributed by atoms with Gasteiger partial charge in [0.1, 0.15) is 5.75 Å². The Morgan fingerprint density at radius 2 is 2.13 bits per heavy atom. The number of ether oxygens (including phenoxy) is 2. The van der Waals surface area contributed by atoms with Crippen molar-refractivity contribution in [2.45, 2.75) is 6.04 Å². The normalized spacial score (nSPS) is 12.5. The quantitative estimate of drug-likeness (QED) is 0.894. The van der Waals surface area contributed by atoms with E-state index >= 15 is 0 Å². The number of nitrogens with one attached hydrogen (secondary N) is 1. The van der Waals surface area contributed by atoms with E-state index < -0.39 is 0 Å². The standard InChI is InChI=1S/C11H16BrNO2/c1-13-10(7-14-2)9-5-4-8(12)6-11(9)15-3/h4-6,10,13H,7H2,1-3H3. The van der Waals surface area contributed by atoms with Gasteiger partial charge in [-0.05, 0) is 19.2 Å². The highest BCUT2D eigenvalue weighted by molar-refractivity contribution is 9.10. The number of likely N-dealkylation sites (N-methyl/N-ethyl adjacent to an activating group) is 1. The number of rotatable bonds is 5. The first kappa shape index (κ1) is 12.5. The summed E-state index contributed by atoms with van der Waals surface area (Å²) in [4.78, 5) is 0. The van der Waals surface area contributed by atoms with Gasteiger partial charge in [0.25, 0.3) is 0 Å². The van der Waals surface area contributed by atoms with Crippen LogP contribution in [0, 0.1) is 0 Å². The second-order valence-electron chi connectivity index (χ2n) is 3.18. The molecule has 1 aromatic rings. The minimum Gasteiger partial charge on any atom is -0.496 e. The summed E-state index contributed by atoms with van der Waals surface area (Å²) in [6.07, 6.45) is 0. The fourth-order valence-electron chi connectivity index (χ4n) is 1.47. The van der Waals surface area contributed by atoms with Crippen molar-refractivity contribution in [1.29, 1.82) is 0 Å². The molecule has 1 aromatic carbocycles. The van der Waals surface area contributed by atoms with Crippen LogP contribution in [-0.2, 0) is 4.74 Å². The van der Waals surface area contributed by atoms with Gasteiger partial charge in [0.05, 0.1) is 19.8 Å². The van der Waals surface area contributed by atoms with Crippen LogP contribution in [-0.4, -0.2) is 27.9 Å². The van der Waals surface area contributed by atoms with Gasteiger partial charge in [-0.15, -0.1) is 0 Å². The van der Waals surface area contributed by atoms with Crippen LogP contribution in [0.2, 0.25) is 0 Å². The van der Waals surface area contributed by atoms with Gasteiger partial charge in [0, 0.05) is 17.1 Å². The Bertz CT molecular complexity index is 317. The maximum atomic E-state index is 5.33. The van der Waals surface area contributed by atoms with Crippen molar-refractivity contribution in [3.05, 3.63) is 28.2 Å². The average Bonchev–Trinajstić information content (AvgIpc) is 2.26. The Labute approximate surface area is 98.9 Å². The Morgan fingerprint density at radius 1 is 1.40 bits per heavy atom. The van der Waals surface area contributed by atoms with Crippen molar-refractivity contribution in [1.82, 2.24) is 5.32 Å². The van der Waals surface area contributed by atoms with E-state index in [9.17, 15) is 0 Å². The van der Waals surface area contributed by atoms with Crippen LogP contribution >= 0.6 is 15.9 Å². The molecule has 1 atom stereocenters. The van der Waals surface area contributed by atoms with E-state index in [0.29, 0.717) is 6.61 Å². The van der Waals surface area contributed by atoms with Crippen LogP contribution in [0.25, 0.3) is 0 Å². The Hall–Kier alpha value is -0.580. The minimum absolute atomic E-state index is 0.151. The van der Waals surface area contributed by atoms with E-state index in [1.807, 2.05) is 25.2 Å². The Kier molecular flexibility index (Phi) is 5.08. The molecule has 0 radical (unpaired) electrons. The number of hydrogen-bond donors (Lipinski definition) is 1. The number of methoxy groups -OCH3 is 2. The summed E-state index contributed by atoms with van der Waals surface area (Å²) in [5.74, 6) is 0.862. The summed E-state index contributed by atoms with van der Waals surface area (Å²) < 4.78 is 11.5. The zero-order valence-electron chi connectivity index (χ0n) is 9.21. The molecule has 0 aliphatic rings. The molecular formula is C11H16BrNO2. The van der Waals surface area contributed by atoms with Crippen molar-refractivity contribution < 1.29 is 9.47 Å². The molecule has 15 heavy (non-hydrogen) atoms. The number of halogens is 1. The predicted octanol–water partition coefficient (Wildman–Crippen LogP) is 2.36. The molecule has 0 amide bonds. The molecule has 0 aliphatic carbocycles. The van der Waals surface area contributed by atoms with E-state index in [-0.39, 0.29) is 6.04 Å². The fraction of sp³-hybridized carbons (Fsp3) is 0.455. The summed E-state index contributed by atoms with van der Waals surface area (Å²) in [7, 11) is 5.27. The highest BCUT2D eigenvalue weighted by Crippen LogP contribution is 2.28. The lowest BCUT2D eigenvalue weighted by atomic mass is 10.1. The van der Waals surface area contributed by atoms with Crippen LogP contribution in [0.5, 0.6) is 5.75 Å². The number of hydrogen-bond acceptors (Lipinski definition) is 3. The van der Waals surface area contributed by atoms with Crippen LogP contribution in [0.3, 0.4) is 0 Å². The first-order chi connectivity index (χ1) is 7.22. The number of benzene rings is 1. The predicted molar refractivity (Wildman–Crippen MR) is 64.4 cm³/mol. The third-order valence-electron chi connectivity index (χ3n) is 2.25. The first-order valence-electron chi connectivity index (χ1n) is 4.72. The van der Waals surface area contributed by atoms with Gasteiger partial charge in [-0.3, -0.25) is 0 Å². The fourth-order valence-corrected chi connectivity index (χ4v) is 1.81. The molecule has 0 saturated heterocycles. The SMILES string of the molecule is CNC(COC)c1ccc(Br)cc1OC. The van der Waals surface area contributed by atoms with Crippen LogP contribution in [0.15, 0.2) is 22.7 Å². The monoisotopic (exact) mass is 273 g/mol. The van der Waals surface area contributed by atoms with Crippen molar-refractivity contribution in [2.24, 2.45) is 0 Å². The molecule has 4 heteroatoms. The van der Waals surface area contributed by atoms with E-state index in [0.717, 1.165) is 15.8 Å². The zero-order valence-corrected chi connectivity index (χ0v) is 10.8. The molecule has 0 aliphatic heterocycles. The maximum Gasteiger partial charge on any atom is 0.124 e. The molecule has 0 heterocycles. The van der Waals surface area contributed by atoms with Gasteiger partial charge in [-0.1, -0.05) is 22.0 Å². The molecule has 3 nitrogen and oxygen atoms in total. The first-order valence-corrected chi connectivity index (χ1v) is 5.51. The summed E-state index contributed by atoms with van der Waals surface area (Å²) in [6, 6.07) is 6.13. The second-order valence-corrected chi connectivity index (χ2v) is 4.10. The molecule has 0 bridgehead atoms. The molecule has 1 N–H and O–H groups in total. The third-order valence-corrected chi connectivity index (χ3v) is 2.75. The third kappa shape index (κ3) is 3.19. The van der Waals surface area contributed by atoms with Gasteiger partial charge in [-0.2, -0.15) is 0 Å². The molecule has 84 valence electrons. The molecule has 0 fully saturated rings.